The third-order valence-electron chi connectivity index (χ3n) is 5.89. The van der Waals surface area contributed by atoms with Crippen LogP contribution in [0, 0.1) is 5.92 Å². The van der Waals surface area contributed by atoms with Gasteiger partial charge < -0.3 is 4.74 Å². The lowest BCUT2D eigenvalue weighted by Gasteiger charge is -2.42. The molecule has 1 unspecified atom stereocenters. The molecule has 1 atom stereocenters. The first-order valence-electron chi connectivity index (χ1n) is 9.86. The number of thioether (sulfide) groups is 1. The molecule has 1 aromatic heterocycles. The maximum Gasteiger partial charge on any atom is 0.267 e. The molecule has 27 heavy (non-hydrogen) atoms. The fourth-order valence-electron chi connectivity index (χ4n) is 4.43. The molecule has 2 aromatic rings. The van der Waals surface area contributed by atoms with E-state index in [1.165, 1.54) is 11.1 Å². The van der Waals surface area contributed by atoms with E-state index in [4.69, 9.17) is 4.74 Å². The minimum absolute atomic E-state index is 0.0549. The van der Waals surface area contributed by atoms with Gasteiger partial charge in [0, 0.05) is 43.8 Å². The van der Waals surface area contributed by atoms with Crippen molar-refractivity contribution in [1.29, 1.82) is 0 Å². The number of hydrogen-bond acceptors (Lipinski definition) is 5. The second-order valence-electron chi connectivity index (χ2n) is 7.83. The highest BCUT2D eigenvalue weighted by Gasteiger charge is 2.31. The lowest BCUT2D eigenvalue weighted by atomic mass is 9.94. The van der Waals surface area contributed by atoms with E-state index in [1.807, 2.05) is 11.8 Å². The van der Waals surface area contributed by atoms with Crippen molar-refractivity contribution in [3.05, 3.63) is 63.1 Å². The molecule has 0 amide bonds. The van der Waals surface area contributed by atoms with Gasteiger partial charge in [-0.3, -0.25) is 9.69 Å². The molecule has 6 heteroatoms. The molecule has 5 rings (SSSR count). The summed E-state index contributed by atoms with van der Waals surface area (Å²) in [6, 6.07) is 10.4. The van der Waals surface area contributed by atoms with Gasteiger partial charge in [0.1, 0.15) is 0 Å². The molecule has 3 aliphatic heterocycles. The smallest absolute Gasteiger partial charge is 0.267 e. The summed E-state index contributed by atoms with van der Waals surface area (Å²) in [4.78, 5) is 14.8. The van der Waals surface area contributed by atoms with Crippen molar-refractivity contribution in [3.8, 4) is 0 Å². The Kier molecular flexibility index (Phi) is 4.80. The van der Waals surface area contributed by atoms with Crippen LogP contribution in [0.3, 0.4) is 0 Å². The van der Waals surface area contributed by atoms with Gasteiger partial charge in [-0.15, -0.1) is 0 Å². The summed E-state index contributed by atoms with van der Waals surface area (Å²) in [6.07, 6.45) is 2.17. The fourth-order valence-corrected chi connectivity index (χ4v) is 5.38. The van der Waals surface area contributed by atoms with E-state index in [9.17, 15) is 4.79 Å². The van der Waals surface area contributed by atoms with Crippen LogP contribution in [0.15, 0.2) is 35.1 Å². The standard InChI is InChI=1S/C21H25N3O2S/c25-21-9-17-14-27-8-6-19(17)22-24(21)12-15-10-23(11-15)13-20-18-4-2-1-3-16(18)5-7-26-20/h1-4,9,15,20H,5-8,10-14H2. The van der Waals surface area contributed by atoms with Crippen LogP contribution in [0.4, 0.5) is 0 Å². The van der Waals surface area contributed by atoms with Gasteiger partial charge in [-0.2, -0.15) is 16.9 Å². The van der Waals surface area contributed by atoms with Crippen molar-refractivity contribution in [3.63, 3.8) is 0 Å². The summed E-state index contributed by atoms with van der Waals surface area (Å²) in [5, 5.41) is 4.65. The zero-order valence-corrected chi connectivity index (χ0v) is 16.3. The summed E-state index contributed by atoms with van der Waals surface area (Å²) in [5.41, 5.74) is 5.08. The van der Waals surface area contributed by atoms with Crippen LogP contribution < -0.4 is 5.56 Å². The Morgan fingerprint density at radius 1 is 1.15 bits per heavy atom. The lowest BCUT2D eigenvalue weighted by Crippen LogP contribution is -2.51. The number of hydrogen-bond donors (Lipinski definition) is 0. The summed E-state index contributed by atoms with van der Waals surface area (Å²) in [6.45, 7) is 4.52. The number of benzene rings is 1. The maximum atomic E-state index is 12.4. The number of likely N-dealkylation sites (tertiary alicyclic amines) is 1. The van der Waals surface area contributed by atoms with Crippen molar-refractivity contribution in [2.45, 2.75) is 31.2 Å². The molecule has 0 aliphatic carbocycles. The van der Waals surface area contributed by atoms with E-state index in [2.05, 4.69) is 34.3 Å². The van der Waals surface area contributed by atoms with Crippen molar-refractivity contribution < 1.29 is 4.74 Å². The summed E-state index contributed by atoms with van der Waals surface area (Å²) in [5.74, 6) is 2.54. The summed E-state index contributed by atoms with van der Waals surface area (Å²) >= 11 is 1.89. The van der Waals surface area contributed by atoms with Gasteiger partial charge in [-0.05, 0) is 28.9 Å². The number of fused-ring (bicyclic) bond motifs is 2. The Morgan fingerprint density at radius 2 is 2.04 bits per heavy atom. The number of aryl methyl sites for hydroxylation is 1. The van der Waals surface area contributed by atoms with Crippen LogP contribution >= 0.6 is 11.8 Å². The van der Waals surface area contributed by atoms with Gasteiger partial charge in [0.15, 0.2) is 0 Å². The Morgan fingerprint density at radius 3 is 2.96 bits per heavy atom. The molecule has 142 valence electrons. The van der Waals surface area contributed by atoms with Gasteiger partial charge in [0.2, 0.25) is 0 Å². The number of nitrogens with zero attached hydrogens (tertiary/aromatic N) is 3. The van der Waals surface area contributed by atoms with Gasteiger partial charge in [0.05, 0.1) is 24.9 Å². The van der Waals surface area contributed by atoms with Gasteiger partial charge >= 0.3 is 0 Å². The average molecular weight is 384 g/mol. The zero-order valence-electron chi connectivity index (χ0n) is 15.5. The van der Waals surface area contributed by atoms with Crippen LogP contribution in [-0.2, 0) is 29.9 Å². The molecule has 0 radical (unpaired) electrons. The first kappa shape index (κ1) is 17.5. The molecule has 5 nitrogen and oxygen atoms in total. The number of aromatic nitrogens is 2. The predicted octanol–water partition coefficient (Wildman–Crippen LogP) is 2.28. The monoisotopic (exact) mass is 383 g/mol. The quantitative estimate of drug-likeness (QED) is 0.811. The highest BCUT2D eigenvalue weighted by Crippen LogP contribution is 2.30. The molecule has 1 saturated heterocycles. The van der Waals surface area contributed by atoms with E-state index in [-0.39, 0.29) is 11.7 Å². The number of ether oxygens (including phenoxy) is 1. The zero-order chi connectivity index (χ0) is 18.2. The summed E-state index contributed by atoms with van der Waals surface area (Å²) < 4.78 is 7.73. The average Bonchev–Trinajstić information content (AvgIpc) is 2.67. The minimum atomic E-state index is 0.0549. The molecular formula is C21H25N3O2S. The van der Waals surface area contributed by atoms with Gasteiger partial charge in [-0.1, -0.05) is 24.3 Å². The molecule has 4 heterocycles. The second-order valence-corrected chi connectivity index (χ2v) is 8.94. The van der Waals surface area contributed by atoms with Crippen molar-refractivity contribution in [1.82, 2.24) is 14.7 Å². The molecule has 0 N–H and O–H groups in total. The SMILES string of the molecule is O=c1cc2c(nn1CC1CN(CC3OCCc4ccccc43)C1)CCSC2. The van der Waals surface area contributed by atoms with Crippen LogP contribution in [0.5, 0.6) is 0 Å². The number of rotatable bonds is 4. The summed E-state index contributed by atoms with van der Waals surface area (Å²) in [7, 11) is 0. The van der Waals surface area contributed by atoms with E-state index >= 15 is 0 Å². The minimum Gasteiger partial charge on any atom is -0.372 e. The Balaban J connectivity index is 1.19. The van der Waals surface area contributed by atoms with Crippen LogP contribution in [0.1, 0.15) is 28.5 Å². The molecule has 0 bridgehead atoms. The first-order valence-corrected chi connectivity index (χ1v) is 11.0. The largest absolute Gasteiger partial charge is 0.372 e. The lowest BCUT2D eigenvalue weighted by molar-refractivity contribution is -0.0177. The van der Waals surface area contributed by atoms with Crippen LogP contribution in [0.2, 0.25) is 0 Å². The first-order chi connectivity index (χ1) is 13.3. The van der Waals surface area contributed by atoms with Gasteiger partial charge in [-0.25, -0.2) is 4.68 Å². The van der Waals surface area contributed by atoms with Crippen molar-refractivity contribution in [2.75, 3.05) is 32.0 Å². The topological polar surface area (TPSA) is 47.4 Å². The third-order valence-corrected chi connectivity index (χ3v) is 6.89. The highest BCUT2D eigenvalue weighted by molar-refractivity contribution is 7.98. The van der Waals surface area contributed by atoms with Crippen molar-refractivity contribution >= 4 is 11.8 Å². The van der Waals surface area contributed by atoms with E-state index in [0.717, 1.165) is 68.4 Å². The normalized spacial score (nSPS) is 22.7. The third kappa shape index (κ3) is 3.58. The fraction of sp³-hybridized carbons (Fsp3) is 0.524. The van der Waals surface area contributed by atoms with E-state index < -0.39 is 0 Å². The maximum absolute atomic E-state index is 12.4. The molecule has 0 saturated carbocycles. The van der Waals surface area contributed by atoms with Crippen LogP contribution in [-0.4, -0.2) is 46.7 Å². The highest BCUT2D eigenvalue weighted by atomic mass is 32.2. The van der Waals surface area contributed by atoms with Gasteiger partial charge in [0.25, 0.3) is 5.56 Å². The predicted molar refractivity (Wildman–Crippen MR) is 107 cm³/mol. The van der Waals surface area contributed by atoms with E-state index in [1.54, 1.807) is 10.7 Å². The Hall–Kier alpha value is -1.63. The molecule has 1 aromatic carbocycles. The van der Waals surface area contributed by atoms with Crippen LogP contribution in [0.25, 0.3) is 0 Å². The Bertz CT molecular complexity index is 891. The molecular weight excluding hydrogens is 358 g/mol. The van der Waals surface area contributed by atoms with Crippen molar-refractivity contribution in [2.24, 2.45) is 5.92 Å². The molecule has 3 aliphatic rings. The van der Waals surface area contributed by atoms with E-state index in [0.29, 0.717) is 5.92 Å². The Labute approximate surface area is 163 Å². The molecule has 0 spiro atoms. The second kappa shape index (κ2) is 7.41. The molecule has 1 fully saturated rings.